The molecule has 1 amide bonds. The monoisotopic (exact) mass is 499 g/mol. The molecule has 8 nitrogen and oxygen atoms in total. The van der Waals surface area contributed by atoms with E-state index in [1.165, 1.54) is 49.3 Å². The van der Waals surface area contributed by atoms with Crippen LogP contribution in [0.25, 0.3) is 0 Å². The molecule has 0 bridgehead atoms. The minimum Gasteiger partial charge on any atom is -0.508 e. The smallest absolute Gasteiger partial charge is 0.387 e. The number of hydrogen-bond acceptors (Lipinski definition) is 7. The van der Waals surface area contributed by atoms with E-state index in [0.29, 0.717) is 33.7 Å². The number of rotatable bonds is 5. The molecule has 0 atom stereocenters. The molecular formula is C26H23F2NO7. The Morgan fingerprint density at radius 2 is 1.69 bits per heavy atom. The zero-order valence-electron chi connectivity index (χ0n) is 19.7. The minimum atomic E-state index is -2.88. The molecule has 0 aromatic heterocycles. The average Bonchev–Trinajstić information content (AvgIpc) is 3.18. The number of phenolic OH excluding ortho intramolecular Hbond substituents is 1. The van der Waals surface area contributed by atoms with Crippen molar-refractivity contribution in [2.75, 3.05) is 12.0 Å². The van der Waals surface area contributed by atoms with Crippen LogP contribution in [-0.2, 0) is 16.1 Å². The highest BCUT2D eigenvalue weighted by Gasteiger charge is 2.30. The first kappa shape index (κ1) is 26.1. The van der Waals surface area contributed by atoms with Gasteiger partial charge in [-0.25, -0.2) is 4.79 Å². The van der Waals surface area contributed by atoms with E-state index in [-0.39, 0.29) is 24.0 Å². The van der Waals surface area contributed by atoms with Crippen molar-refractivity contribution in [1.82, 2.24) is 0 Å². The highest BCUT2D eigenvalue weighted by atomic mass is 19.3. The van der Waals surface area contributed by atoms with Crippen LogP contribution in [0.5, 0.6) is 17.2 Å². The molecule has 1 N–H and O–H groups in total. The molecule has 0 radical (unpaired) electrons. The Bertz CT molecular complexity index is 1280. The van der Waals surface area contributed by atoms with Crippen LogP contribution in [0.1, 0.15) is 38.8 Å². The van der Waals surface area contributed by atoms with Crippen LogP contribution in [0.15, 0.2) is 60.7 Å². The number of phenols is 1. The lowest BCUT2D eigenvalue weighted by atomic mass is 10.1. The van der Waals surface area contributed by atoms with Crippen LogP contribution < -0.4 is 14.4 Å². The number of aromatic hydroxyl groups is 1. The summed E-state index contributed by atoms with van der Waals surface area (Å²) in [5.41, 5.74) is 2.56. The fourth-order valence-corrected chi connectivity index (χ4v) is 3.54. The second-order valence-electron chi connectivity index (χ2n) is 7.58. The predicted octanol–water partition coefficient (Wildman–Crippen LogP) is 4.86. The summed E-state index contributed by atoms with van der Waals surface area (Å²) >= 11 is 0. The fraction of sp³-hybridized carbons (Fsp3) is 0.192. The van der Waals surface area contributed by atoms with Gasteiger partial charge >= 0.3 is 18.6 Å². The first-order chi connectivity index (χ1) is 17.1. The number of fused-ring (bicyclic) bond motifs is 1. The first-order valence-electron chi connectivity index (χ1n) is 10.7. The van der Waals surface area contributed by atoms with Crippen LogP contribution in [-0.4, -0.2) is 36.7 Å². The van der Waals surface area contributed by atoms with Gasteiger partial charge in [-0.3, -0.25) is 9.59 Å². The SMILES string of the molecule is COC(=O)c1cccc(OC(C)=O)c1C.O=C1c2cccc(O)c2CN1c1ccc(OC(F)F)cc1. The highest BCUT2D eigenvalue weighted by molar-refractivity contribution is 6.10. The van der Waals surface area contributed by atoms with Gasteiger partial charge in [0.25, 0.3) is 5.91 Å². The normalized spacial score (nSPS) is 11.9. The number of methoxy groups -OCH3 is 1. The van der Waals surface area contributed by atoms with E-state index < -0.39 is 18.6 Å². The Morgan fingerprint density at radius 3 is 2.28 bits per heavy atom. The fourth-order valence-electron chi connectivity index (χ4n) is 3.54. The van der Waals surface area contributed by atoms with Gasteiger partial charge in [-0.15, -0.1) is 0 Å². The van der Waals surface area contributed by atoms with E-state index in [4.69, 9.17) is 4.74 Å². The molecule has 188 valence electrons. The van der Waals surface area contributed by atoms with E-state index in [1.54, 1.807) is 37.3 Å². The van der Waals surface area contributed by atoms with Gasteiger partial charge in [0.1, 0.15) is 17.2 Å². The number of carbonyl (C=O) groups is 3. The standard InChI is InChI=1S/C15H11F2NO3.C11H12O4/c16-15(17)21-10-6-4-9(5-7-10)18-8-12-11(14(18)20)2-1-3-13(12)19;1-7-9(11(13)14-3)5-4-6-10(7)15-8(2)12/h1-7,15,19H,8H2;4-6H,1-3H3. The summed E-state index contributed by atoms with van der Waals surface area (Å²) in [6.07, 6.45) is 0. The third-order valence-electron chi connectivity index (χ3n) is 5.26. The van der Waals surface area contributed by atoms with E-state index >= 15 is 0 Å². The lowest BCUT2D eigenvalue weighted by Crippen LogP contribution is -2.22. The number of ether oxygens (including phenoxy) is 3. The number of amides is 1. The molecule has 0 fully saturated rings. The van der Waals surface area contributed by atoms with Crippen molar-refractivity contribution in [2.45, 2.75) is 27.0 Å². The minimum absolute atomic E-state index is 0.0285. The molecule has 4 rings (SSSR count). The molecule has 1 aliphatic heterocycles. The molecular weight excluding hydrogens is 476 g/mol. The predicted molar refractivity (Wildman–Crippen MR) is 126 cm³/mol. The first-order valence-corrected chi connectivity index (χ1v) is 10.7. The van der Waals surface area contributed by atoms with Crippen LogP contribution >= 0.6 is 0 Å². The molecule has 0 aliphatic carbocycles. The number of halogens is 2. The maximum Gasteiger partial charge on any atom is 0.387 e. The number of nitrogens with zero attached hydrogens (tertiary/aromatic N) is 1. The maximum absolute atomic E-state index is 12.3. The number of esters is 2. The lowest BCUT2D eigenvalue weighted by Gasteiger charge is -2.16. The van der Waals surface area contributed by atoms with Gasteiger partial charge in [-0.2, -0.15) is 8.78 Å². The summed E-state index contributed by atoms with van der Waals surface area (Å²) in [4.78, 5) is 35.8. The van der Waals surface area contributed by atoms with Gasteiger partial charge in [-0.1, -0.05) is 12.1 Å². The molecule has 0 unspecified atom stereocenters. The number of hydrogen-bond donors (Lipinski definition) is 1. The topological polar surface area (TPSA) is 102 Å². The van der Waals surface area contributed by atoms with Gasteiger partial charge in [-0.05, 0) is 55.5 Å². The summed E-state index contributed by atoms with van der Waals surface area (Å²) < 4.78 is 38.0. The maximum atomic E-state index is 12.3. The average molecular weight is 499 g/mol. The highest BCUT2D eigenvalue weighted by Crippen LogP contribution is 2.34. The Kier molecular flexibility index (Phi) is 8.21. The van der Waals surface area contributed by atoms with Gasteiger partial charge in [0.15, 0.2) is 0 Å². The zero-order chi connectivity index (χ0) is 26.4. The van der Waals surface area contributed by atoms with Crippen LogP contribution in [0.3, 0.4) is 0 Å². The van der Waals surface area contributed by atoms with Crippen molar-refractivity contribution in [2.24, 2.45) is 0 Å². The summed E-state index contributed by atoms with van der Waals surface area (Å²) in [5, 5.41) is 9.77. The van der Waals surface area contributed by atoms with E-state index in [1.807, 2.05) is 0 Å². The van der Waals surface area contributed by atoms with Gasteiger partial charge < -0.3 is 24.2 Å². The Hall–Kier alpha value is -4.47. The molecule has 1 heterocycles. The Morgan fingerprint density at radius 1 is 1.03 bits per heavy atom. The lowest BCUT2D eigenvalue weighted by molar-refractivity contribution is -0.131. The summed E-state index contributed by atoms with van der Waals surface area (Å²) in [5.74, 6) is -0.614. The van der Waals surface area contributed by atoms with Crippen molar-refractivity contribution < 1.29 is 42.5 Å². The van der Waals surface area contributed by atoms with E-state index in [9.17, 15) is 28.3 Å². The largest absolute Gasteiger partial charge is 0.508 e. The molecule has 10 heteroatoms. The van der Waals surface area contributed by atoms with Crippen molar-refractivity contribution in [3.05, 3.63) is 82.9 Å². The summed E-state index contributed by atoms with van der Waals surface area (Å²) in [6.45, 7) is 0.371. The van der Waals surface area contributed by atoms with Crippen LogP contribution in [0.2, 0.25) is 0 Å². The van der Waals surface area contributed by atoms with Crippen molar-refractivity contribution >= 4 is 23.5 Å². The van der Waals surface area contributed by atoms with Gasteiger partial charge in [0, 0.05) is 29.3 Å². The van der Waals surface area contributed by atoms with Gasteiger partial charge in [0.2, 0.25) is 0 Å². The second-order valence-corrected chi connectivity index (χ2v) is 7.58. The summed E-state index contributed by atoms with van der Waals surface area (Å²) in [7, 11) is 1.31. The van der Waals surface area contributed by atoms with Crippen LogP contribution in [0.4, 0.5) is 14.5 Å². The van der Waals surface area contributed by atoms with E-state index in [0.717, 1.165) is 0 Å². The van der Waals surface area contributed by atoms with Crippen molar-refractivity contribution in [3.8, 4) is 17.2 Å². The second kappa shape index (κ2) is 11.3. The molecule has 0 spiro atoms. The number of alkyl halides is 2. The molecule has 0 saturated heterocycles. The van der Waals surface area contributed by atoms with Gasteiger partial charge in [0.05, 0.1) is 19.2 Å². The molecule has 1 aliphatic rings. The number of carbonyl (C=O) groups excluding carboxylic acids is 3. The quantitative estimate of drug-likeness (QED) is 0.395. The third kappa shape index (κ3) is 5.96. The molecule has 0 saturated carbocycles. The van der Waals surface area contributed by atoms with Crippen LogP contribution in [0, 0.1) is 6.92 Å². The Balaban J connectivity index is 0.000000214. The number of anilines is 1. The summed E-state index contributed by atoms with van der Waals surface area (Å²) in [6, 6.07) is 15.5. The third-order valence-corrected chi connectivity index (χ3v) is 5.26. The number of benzene rings is 3. The zero-order valence-corrected chi connectivity index (χ0v) is 19.7. The van der Waals surface area contributed by atoms with Crippen molar-refractivity contribution in [1.29, 1.82) is 0 Å². The molecule has 36 heavy (non-hydrogen) atoms. The van der Waals surface area contributed by atoms with E-state index in [2.05, 4.69) is 9.47 Å². The van der Waals surface area contributed by atoms with Crippen molar-refractivity contribution in [3.63, 3.8) is 0 Å². The molecule has 3 aromatic carbocycles. The molecule has 3 aromatic rings. The Labute approximate surface area is 205 Å².